The number of ketones is 1. The second-order valence-electron chi connectivity index (χ2n) is 4.24. The van der Waals surface area contributed by atoms with E-state index in [0.717, 1.165) is 25.8 Å². The number of aliphatic hydroxyl groups is 1. The van der Waals surface area contributed by atoms with Gasteiger partial charge in [-0.2, -0.15) is 0 Å². The largest absolute Gasteiger partial charge is 0.396 e. The van der Waals surface area contributed by atoms with Crippen molar-refractivity contribution in [2.24, 2.45) is 5.92 Å². The average molecular weight is 213 g/mol. The first-order valence-electron chi connectivity index (χ1n) is 5.51. The number of carbonyl (C=O) groups is 2. The van der Waals surface area contributed by atoms with Gasteiger partial charge < -0.3 is 10.0 Å². The molecule has 4 heteroatoms. The number of nitrogens with zero attached hydrogens (tertiary/aromatic N) is 1. The van der Waals surface area contributed by atoms with Crippen LogP contribution in [0.5, 0.6) is 0 Å². The van der Waals surface area contributed by atoms with Crippen molar-refractivity contribution in [3.63, 3.8) is 0 Å². The summed E-state index contributed by atoms with van der Waals surface area (Å²) in [7, 11) is 0. The number of hydrogen-bond donors (Lipinski definition) is 1. The number of likely N-dealkylation sites (tertiary alicyclic amines) is 1. The zero-order valence-electron chi connectivity index (χ0n) is 9.24. The van der Waals surface area contributed by atoms with Crippen molar-refractivity contribution in [2.75, 3.05) is 19.7 Å². The molecule has 1 aliphatic rings. The minimum atomic E-state index is -0.0794. The molecule has 0 saturated carbocycles. The molecule has 1 fully saturated rings. The van der Waals surface area contributed by atoms with Crippen LogP contribution in [-0.4, -0.2) is 41.4 Å². The quantitative estimate of drug-likeness (QED) is 0.695. The van der Waals surface area contributed by atoms with Gasteiger partial charge >= 0.3 is 0 Å². The van der Waals surface area contributed by atoms with Crippen molar-refractivity contribution in [3.05, 3.63) is 0 Å². The van der Waals surface area contributed by atoms with Crippen LogP contribution in [0.4, 0.5) is 0 Å². The van der Waals surface area contributed by atoms with Crippen molar-refractivity contribution < 1.29 is 14.7 Å². The predicted molar refractivity (Wildman–Crippen MR) is 56.3 cm³/mol. The topological polar surface area (TPSA) is 57.6 Å². The second kappa shape index (κ2) is 5.85. The van der Waals surface area contributed by atoms with Gasteiger partial charge in [-0.3, -0.25) is 9.59 Å². The number of Topliss-reactive ketones (excluding diaryl/α,β-unsaturated/α-hetero) is 1. The van der Waals surface area contributed by atoms with Crippen LogP contribution in [0.15, 0.2) is 0 Å². The first kappa shape index (κ1) is 12.2. The fourth-order valence-electron chi connectivity index (χ4n) is 2.03. The Morgan fingerprint density at radius 2 is 2.20 bits per heavy atom. The Balaban J connectivity index is 2.41. The van der Waals surface area contributed by atoms with E-state index >= 15 is 0 Å². The lowest BCUT2D eigenvalue weighted by Crippen LogP contribution is -2.40. The summed E-state index contributed by atoms with van der Waals surface area (Å²) in [6.07, 6.45) is 2.83. The van der Waals surface area contributed by atoms with E-state index in [1.165, 1.54) is 6.92 Å². The Morgan fingerprint density at radius 3 is 2.80 bits per heavy atom. The van der Waals surface area contributed by atoms with Crippen molar-refractivity contribution in [1.82, 2.24) is 4.90 Å². The van der Waals surface area contributed by atoms with Crippen LogP contribution in [0.3, 0.4) is 0 Å². The van der Waals surface area contributed by atoms with Crippen LogP contribution in [0.1, 0.15) is 32.6 Å². The van der Waals surface area contributed by atoms with Crippen LogP contribution in [0, 0.1) is 5.92 Å². The summed E-state index contributed by atoms with van der Waals surface area (Å²) in [6.45, 7) is 3.08. The molecule has 0 bridgehead atoms. The molecule has 1 unspecified atom stereocenters. The van der Waals surface area contributed by atoms with Gasteiger partial charge in [0, 0.05) is 19.7 Å². The lowest BCUT2D eigenvalue weighted by atomic mass is 9.95. The lowest BCUT2D eigenvalue weighted by Gasteiger charge is -2.32. The normalized spacial score (nSPS) is 21.5. The Bertz CT molecular complexity index is 238. The summed E-state index contributed by atoms with van der Waals surface area (Å²) in [5.74, 6) is 0.258. The molecular weight excluding hydrogens is 194 g/mol. The molecule has 1 saturated heterocycles. The SMILES string of the molecule is CC(=O)CC(=O)N1CCCC(CCO)C1. The Kier molecular flexibility index (Phi) is 4.75. The van der Waals surface area contributed by atoms with Crippen molar-refractivity contribution in [3.8, 4) is 0 Å². The molecule has 1 heterocycles. The maximum absolute atomic E-state index is 11.6. The van der Waals surface area contributed by atoms with Gasteiger partial charge in [0.25, 0.3) is 0 Å². The third kappa shape index (κ3) is 4.00. The summed E-state index contributed by atoms with van der Waals surface area (Å²) >= 11 is 0. The van der Waals surface area contributed by atoms with E-state index in [-0.39, 0.29) is 24.7 Å². The van der Waals surface area contributed by atoms with Crippen molar-refractivity contribution in [2.45, 2.75) is 32.6 Å². The highest BCUT2D eigenvalue weighted by molar-refractivity contribution is 5.96. The number of amides is 1. The predicted octanol–water partition coefficient (Wildman–Crippen LogP) is 0.587. The molecule has 4 nitrogen and oxygen atoms in total. The highest BCUT2D eigenvalue weighted by Gasteiger charge is 2.23. The second-order valence-corrected chi connectivity index (χ2v) is 4.24. The van der Waals surface area contributed by atoms with E-state index in [0.29, 0.717) is 12.5 Å². The van der Waals surface area contributed by atoms with Crippen LogP contribution in [-0.2, 0) is 9.59 Å². The third-order valence-electron chi connectivity index (χ3n) is 2.81. The molecule has 0 aliphatic carbocycles. The van der Waals surface area contributed by atoms with Crippen LogP contribution in [0.25, 0.3) is 0 Å². The fourth-order valence-corrected chi connectivity index (χ4v) is 2.03. The first-order valence-corrected chi connectivity index (χ1v) is 5.51. The molecule has 0 radical (unpaired) electrons. The molecule has 1 aliphatic heterocycles. The maximum Gasteiger partial charge on any atom is 0.230 e. The molecule has 0 spiro atoms. The summed E-state index contributed by atoms with van der Waals surface area (Å²) in [5, 5.41) is 8.83. The van der Waals surface area contributed by atoms with Crippen LogP contribution >= 0.6 is 0 Å². The first-order chi connectivity index (χ1) is 7.13. The van der Waals surface area contributed by atoms with Gasteiger partial charge in [0.1, 0.15) is 5.78 Å². The lowest BCUT2D eigenvalue weighted by molar-refractivity contribution is -0.136. The van der Waals surface area contributed by atoms with Gasteiger partial charge in [0.2, 0.25) is 5.91 Å². The van der Waals surface area contributed by atoms with E-state index < -0.39 is 0 Å². The van der Waals surface area contributed by atoms with E-state index in [1.807, 2.05) is 0 Å². The molecular formula is C11H19NO3. The van der Waals surface area contributed by atoms with E-state index in [9.17, 15) is 9.59 Å². The fraction of sp³-hybridized carbons (Fsp3) is 0.818. The van der Waals surface area contributed by atoms with E-state index in [2.05, 4.69) is 0 Å². The van der Waals surface area contributed by atoms with Crippen LogP contribution in [0.2, 0.25) is 0 Å². The van der Waals surface area contributed by atoms with Gasteiger partial charge in [-0.25, -0.2) is 0 Å². The van der Waals surface area contributed by atoms with Crippen LogP contribution < -0.4 is 0 Å². The van der Waals surface area contributed by atoms with Gasteiger partial charge in [-0.15, -0.1) is 0 Å². The molecule has 1 N–H and O–H groups in total. The Morgan fingerprint density at radius 1 is 1.47 bits per heavy atom. The number of piperidine rings is 1. The molecule has 1 atom stereocenters. The van der Waals surface area contributed by atoms with E-state index in [4.69, 9.17) is 5.11 Å². The minimum absolute atomic E-state index is 0.0197. The third-order valence-corrected chi connectivity index (χ3v) is 2.81. The van der Waals surface area contributed by atoms with E-state index in [1.54, 1.807) is 4.90 Å². The van der Waals surface area contributed by atoms with Gasteiger partial charge in [0.05, 0.1) is 6.42 Å². The van der Waals surface area contributed by atoms with Gasteiger partial charge in [0.15, 0.2) is 0 Å². The maximum atomic E-state index is 11.6. The minimum Gasteiger partial charge on any atom is -0.396 e. The molecule has 1 amide bonds. The number of hydrogen-bond acceptors (Lipinski definition) is 3. The average Bonchev–Trinajstić information content (AvgIpc) is 2.17. The summed E-state index contributed by atoms with van der Waals surface area (Å²) in [6, 6.07) is 0. The summed E-state index contributed by atoms with van der Waals surface area (Å²) in [4.78, 5) is 24.2. The smallest absolute Gasteiger partial charge is 0.230 e. The molecule has 0 aromatic heterocycles. The molecule has 86 valence electrons. The van der Waals surface area contributed by atoms with Gasteiger partial charge in [-0.05, 0) is 32.1 Å². The highest BCUT2D eigenvalue weighted by Crippen LogP contribution is 2.19. The summed E-state index contributed by atoms with van der Waals surface area (Å²) < 4.78 is 0. The molecule has 15 heavy (non-hydrogen) atoms. The van der Waals surface area contributed by atoms with Gasteiger partial charge in [-0.1, -0.05) is 0 Å². The van der Waals surface area contributed by atoms with Crippen molar-refractivity contribution in [1.29, 1.82) is 0 Å². The van der Waals surface area contributed by atoms with Crippen molar-refractivity contribution >= 4 is 11.7 Å². The molecule has 0 aromatic rings. The standard InChI is InChI=1S/C11H19NO3/c1-9(14)7-11(15)12-5-2-3-10(8-12)4-6-13/h10,13H,2-8H2,1H3. The Hall–Kier alpha value is -0.900. The number of aliphatic hydroxyl groups excluding tert-OH is 1. The molecule has 1 rings (SSSR count). The number of carbonyl (C=O) groups excluding carboxylic acids is 2. The highest BCUT2D eigenvalue weighted by atomic mass is 16.3. The monoisotopic (exact) mass is 213 g/mol. The molecule has 0 aromatic carbocycles. The zero-order chi connectivity index (χ0) is 11.3. The Labute approximate surface area is 90.3 Å². The summed E-state index contributed by atoms with van der Waals surface area (Å²) in [5.41, 5.74) is 0. The zero-order valence-corrected chi connectivity index (χ0v) is 9.24. The number of rotatable bonds is 4.